The number of benzene rings is 2. The van der Waals surface area contributed by atoms with E-state index >= 15 is 0 Å². The Balaban J connectivity index is 1.60. The summed E-state index contributed by atoms with van der Waals surface area (Å²) >= 11 is 0. The number of sulfonamides is 1. The lowest BCUT2D eigenvalue weighted by atomic mass is 9.93. The Labute approximate surface area is 204 Å². The molecule has 1 heterocycles. The average molecular weight is 506 g/mol. The van der Waals surface area contributed by atoms with E-state index in [0.29, 0.717) is 13.1 Å². The van der Waals surface area contributed by atoms with E-state index in [-0.39, 0.29) is 35.6 Å². The molecule has 3 rings (SSSR count). The van der Waals surface area contributed by atoms with Gasteiger partial charge in [0.1, 0.15) is 16.4 Å². The van der Waals surface area contributed by atoms with Crippen LogP contribution in [0.25, 0.3) is 0 Å². The fourth-order valence-corrected chi connectivity index (χ4v) is 5.14. The van der Waals surface area contributed by atoms with Gasteiger partial charge in [0.2, 0.25) is 21.8 Å². The minimum atomic E-state index is -3.96. The smallest absolute Gasteiger partial charge is 0.247 e. The van der Waals surface area contributed by atoms with Crippen LogP contribution in [0.2, 0.25) is 0 Å². The number of nitrogens with zero attached hydrogens (tertiary/aromatic N) is 1. The van der Waals surface area contributed by atoms with Crippen molar-refractivity contribution < 1.29 is 28.2 Å². The van der Waals surface area contributed by atoms with Gasteiger partial charge in [0.05, 0.1) is 12.5 Å². The van der Waals surface area contributed by atoms with Crippen LogP contribution >= 0.6 is 0 Å². The molecule has 0 saturated carbocycles. The van der Waals surface area contributed by atoms with Gasteiger partial charge in [0.15, 0.2) is 0 Å². The number of nitrogens with one attached hydrogen (secondary N) is 2. The van der Waals surface area contributed by atoms with Gasteiger partial charge in [-0.05, 0) is 40.8 Å². The Hall–Kier alpha value is -3.35. The predicted octanol–water partition coefficient (Wildman–Crippen LogP) is 0.559. The number of carbonyl (C=O) groups excluding carboxylic acids is 2. The van der Waals surface area contributed by atoms with Gasteiger partial charge in [-0.1, -0.05) is 19.9 Å². The van der Waals surface area contributed by atoms with Gasteiger partial charge in [-0.15, -0.1) is 0 Å². The zero-order valence-corrected chi connectivity index (χ0v) is 20.4. The van der Waals surface area contributed by atoms with Crippen molar-refractivity contribution in [3.8, 4) is 11.5 Å². The Kier molecular flexibility index (Phi) is 7.58. The lowest BCUT2D eigenvalue weighted by Gasteiger charge is -2.26. The van der Waals surface area contributed by atoms with Crippen LogP contribution in [0.15, 0.2) is 41.3 Å². The molecule has 0 fully saturated rings. The summed E-state index contributed by atoms with van der Waals surface area (Å²) in [5.74, 6) is -1.82. The number of primary amides is 1. The van der Waals surface area contributed by atoms with Crippen molar-refractivity contribution in [2.45, 2.75) is 44.3 Å². The summed E-state index contributed by atoms with van der Waals surface area (Å²) < 4.78 is 27.3. The minimum Gasteiger partial charge on any atom is -0.508 e. The highest BCUT2D eigenvalue weighted by Gasteiger charge is 2.32. The quantitative estimate of drug-likeness (QED) is 0.270. The van der Waals surface area contributed by atoms with Gasteiger partial charge in [0, 0.05) is 37.9 Å². The maximum Gasteiger partial charge on any atom is 0.247 e. The molecule has 2 aromatic carbocycles. The van der Waals surface area contributed by atoms with Gasteiger partial charge in [-0.25, -0.2) is 8.42 Å². The molecule has 0 unspecified atom stereocenters. The van der Waals surface area contributed by atoms with E-state index in [4.69, 9.17) is 11.5 Å². The number of anilines is 1. The molecule has 0 aromatic heterocycles. The second kappa shape index (κ2) is 10.1. The van der Waals surface area contributed by atoms with Gasteiger partial charge in [-0.2, -0.15) is 4.31 Å². The van der Waals surface area contributed by atoms with Crippen LogP contribution in [0.3, 0.4) is 0 Å². The molecule has 8 N–H and O–H groups in total. The highest BCUT2D eigenvalue weighted by Crippen LogP contribution is 2.34. The molecule has 0 aliphatic carbocycles. The second-order valence-corrected chi connectivity index (χ2v) is 11.3. The molecule has 1 aliphatic heterocycles. The molecule has 0 bridgehead atoms. The van der Waals surface area contributed by atoms with Crippen LogP contribution in [-0.4, -0.2) is 53.9 Å². The summed E-state index contributed by atoms with van der Waals surface area (Å²) in [5, 5.41) is 25.5. The van der Waals surface area contributed by atoms with Gasteiger partial charge >= 0.3 is 0 Å². The number of hydrogen-bond acceptors (Lipinski definition) is 8. The molecule has 1 aliphatic rings. The Morgan fingerprint density at radius 2 is 1.77 bits per heavy atom. The van der Waals surface area contributed by atoms with Gasteiger partial charge in [-0.3, -0.25) is 9.59 Å². The van der Waals surface area contributed by atoms with Crippen LogP contribution < -0.4 is 22.1 Å². The first-order valence-corrected chi connectivity index (χ1v) is 12.4. The van der Waals surface area contributed by atoms with Crippen molar-refractivity contribution in [3.63, 3.8) is 0 Å². The van der Waals surface area contributed by atoms with Crippen LogP contribution in [0, 0.1) is 5.41 Å². The SMILES string of the molecule is CC(C)(CNC(=O)[C@H](N)CC(N)=O)CNc1ccc2c(c1)CN(S(=O)(=O)c1ccc(O)cc1O)C2. The normalized spacial score (nSPS) is 14.8. The molecule has 11 nitrogen and oxygen atoms in total. The monoisotopic (exact) mass is 505 g/mol. The van der Waals surface area contributed by atoms with Crippen molar-refractivity contribution in [1.82, 2.24) is 9.62 Å². The third kappa shape index (κ3) is 6.41. The first-order chi connectivity index (χ1) is 16.3. The summed E-state index contributed by atoms with van der Waals surface area (Å²) in [6, 6.07) is 7.97. The van der Waals surface area contributed by atoms with E-state index in [1.807, 2.05) is 32.0 Å². The average Bonchev–Trinajstić information content (AvgIpc) is 3.20. The van der Waals surface area contributed by atoms with E-state index in [1.165, 1.54) is 16.4 Å². The standard InChI is InChI=1S/C23H31N5O6S/c1-23(2,13-27-22(32)18(24)9-21(25)31)12-26-16-4-3-14-10-28(11-15(14)7-16)35(33,34)20-6-5-17(29)8-19(20)30/h3-8,18,26,29-30H,9-13,24H2,1-2H3,(H2,25,31)(H,27,32)/t18-/m1/s1. The highest BCUT2D eigenvalue weighted by atomic mass is 32.2. The summed E-state index contributed by atoms with van der Waals surface area (Å²) in [4.78, 5) is 22.7. The third-order valence-electron chi connectivity index (χ3n) is 5.73. The number of aromatic hydroxyl groups is 2. The number of fused-ring (bicyclic) bond motifs is 1. The second-order valence-electron chi connectivity index (χ2n) is 9.42. The number of phenols is 2. The summed E-state index contributed by atoms with van der Waals surface area (Å²) in [7, 11) is -3.96. The maximum atomic E-state index is 13.0. The number of carbonyl (C=O) groups is 2. The maximum absolute atomic E-state index is 13.0. The Bertz CT molecular complexity index is 1230. The van der Waals surface area contributed by atoms with Crippen LogP contribution in [0.1, 0.15) is 31.4 Å². The lowest BCUT2D eigenvalue weighted by Crippen LogP contribution is -2.46. The zero-order chi connectivity index (χ0) is 26.0. The molecule has 35 heavy (non-hydrogen) atoms. The first kappa shape index (κ1) is 26.3. The topological polar surface area (TPSA) is 188 Å². The van der Waals surface area contributed by atoms with E-state index < -0.39 is 33.6 Å². The van der Waals surface area contributed by atoms with E-state index in [1.54, 1.807) is 0 Å². The Morgan fingerprint density at radius 3 is 2.43 bits per heavy atom. The Morgan fingerprint density at radius 1 is 1.09 bits per heavy atom. The summed E-state index contributed by atoms with van der Waals surface area (Å²) in [6.45, 7) is 5.03. The lowest BCUT2D eigenvalue weighted by molar-refractivity contribution is -0.126. The number of rotatable bonds is 10. The molecule has 0 saturated heterocycles. The zero-order valence-electron chi connectivity index (χ0n) is 19.6. The number of amides is 2. The van der Waals surface area contributed by atoms with E-state index in [0.717, 1.165) is 22.9 Å². The molecule has 2 amide bonds. The molecule has 12 heteroatoms. The van der Waals surface area contributed by atoms with Gasteiger partial charge < -0.3 is 32.3 Å². The summed E-state index contributed by atoms with van der Waals surface area (Å²) in [6.07, 6.45) is -0.223. The minimum absolute atomic E-state index is 0.144. The number of phenolic OH excluding ortho intramolecular Hbond substituents is 2. The molecular formula is C23H31N5O6S. The van der Waals surface area contributed by atoms with E-state index in [2.05, 4.69) is 10.6 Å². The first-order valence-electron chi connectivity index (χ1n) is 11.0. The van der Waals surface area contributed by atoms with Crippen LogP contribution in [-0.2, 0) is 32.7 Å². The third-order valence-corrected chi connectivity index (χ3v) is 7.57. The fraction of sp³-hybridized carbons (Fsp3) is 0.391. The van der Waals surface area contributed by atoms with E-state index in [9.17, 15) is 28.2 Å². The molecule has 1 atom stereocenters. The molecule has 0 radical (unpaired) electrons. The van der Waals surface area contributed by atoms with Crippen molar-refractivity contribution >= 4 is 27.5 Å². The largest absolute Gasteiger partial charge is 0.508 e. The van der Waals surface area contributed by atoms with Crippen LogP contribution in [0.5, 0.6) is 11.5 Å². The molecule has 0 spiro atoms. The number of hydrogen-bond donors (Lipinski definition) is 6. The van der Waals surface area contributed by atoms with Crippen molar-refractivity contribution in [2.24, 2.45) is 16.9 Å². The van der Waals surface area contributed by atoms with Crippen molar-refractivity contribution in [2.75, 3.05) is 18.4 Å². The molecular weight excluding hydrogens is 474 g/mol. The number of nitrogens with two attached hydrogens (primary N) is 2. The fourth-order valence-electron chi connectivity index (χ4n) is 3.68. The predicted molar refractivity (Wildman–Crippen MR) is 130 cm³/mol. The van der Waals surface area contributed by atoms with Crippen LogP contribution in [0.4, 0.5) is 5.69 Å². The van der Waals surface area contributed by atoms with Gasteiger partial charge in [0.25, 0.3) is 0 Å². The molecule has 190 valence electrons. The molecule has 2 aromatic rings. The summed E-state index contributed by atoms with van der Waals surface area (Å²) in [5.41, 5.74) is 12.9. The van der Waals surface area contributed by atoms with Crippen molar-refractivity contribution in [3.05, 3.63) is 47.5 Å². The van der Waals surface area contributed by atoms with Crippen molar-refractivity contribution in [1.29, 1.82) is 0 Å². The highest BCUT2D eigenvalue weighted by molar-refractivity contribution is 7.89.